The van der Waals surface area contributed by atoms with Crippen molar-refractivity contribution >= 4 is 62.2 Å². The molecule has 0 radical (unpaired) electrons. The van der Waals surface area contributed by atoms with Crippen LogP contribution in [-0.2, 0) is 22.7 Å². The fourth-order valence-electron chi connectivity index (χ4n) is 4.40. The zero-order valence-corrected chi connectivity index (χ0v) is 20.4. The van der Waals surface area contributed by atoms with E-state index in [9.17, 15) is 4.79 Å². The van der Waals surface area contributed by atoms with E-state index in [2.05, 4.69) is 95.1 Å². The molecule has 3 aromatic carbocycles. The first kappa shape index (κ1) is 20.9. The minimum absolute atomic E-state index is 0.247. The van der Waals surface area contributed by atoms with Crippen molar-refractivity contribution < 1.29 is 9.53 Å². The smallest absolute Gasteiger partial charge is 0.302 e. The molecule has 0 amide bonds. The lowest BCUT2D eigenvalue weighted by Crippen LogP contribution is -2.54. The molecule has 3 nitrogen and oxygen atoms in total. The molecule has 30 heavy (non-hydrogen) atoms. The Labute approximate surface area is 186 Å². The van der Waals surface area contributed by atoms with Crippen LogP contribution in [0.2, 0.25) is 13.1 Å². The Morgan fingerprint density at radius 3 is 2.37 bits per heavy atom. The van der Waals surface area contributed by atoms with Gasteiger partial charge in [-0.15, -0.1) is 0 Å². The van der Waals surface area contributed by atoms with Gasteiger partial charge < -0.3 is 9.30 Å². The average Bonchev–Trinajstić information content (AvgIpc) is 3.04. The predicted octanol–water partition coefficient (Wildman–Crippen LogP) is 5.46. The highest BCUT2D eigenvalue weighted by molar-refractivity contribution is 9.10. The highest BCUT2D eigenvalue weighted by Gasteiger charge is 2.29. The van der Waals surface area contributed by atoms with E-state index in [1.165, 1.54) is 39.1 Å². The molecule has 0 unspecified atom stereocenters. The lowest BCUT2D eigenvalue weighted by Gasteiger charge is -2.26. The summed E-state index contributed by atoms with van der Waals surface area (Å²) in [6.07, 6.45) is 0. The first-order valence-electron chi connectivity index (χ1n) is 10.3. The summed E-state index contributed by atoms with van der Waals surface area (Å²) in [7, 11) is -2.00. The van der Waals surface area contributed by atoms with Crippen molar-refractivity contribution in [2.24, 2.45) is 0 Å². The van der Waals surface area contributed by atoms with Gasteiger partial charge in [0.15, 0.2) is 0 Å². The van der Waals surface area contributed by atoms with Crippen LogP contribution in [0.1, 0.15) is 19.4 Å². The molecule has 5 heteroatoms. The second-order valence-electron chi connectivity index (χ2n) is 8.20. The lowest BCUT2D eigenvalue weighted by atomic mass is 10.1. The Morgan fingerprint density at radius 2 is 1.67 bits per heavy atom. The summed E-state index contributed by atoms with van der Waals surface area (Å²) in [5, 5.41) is 5.26. The molecule has 0 saturated carbocycles. The number of nitrogens with zero attached hydrogens (tertiary/aromatic N) is 1. The molecule has 154 valence electrons. The lowest BCUT2D eigenvalue weighted by molar-refractivity contribution is -0.142. The standard InChI is InChI=1S/C25H26BrNO2Si/c1-5-27-23-12-10-19(26)14-21(23)22-15-20(11-13-24(22)27)30(3,4)25-9-7-6-8-18(25)16-29-17(2)28/h6-15H,5,16H2,1-4H3. The van der Waals surface area contributed by atoms with Crippen LogP contribution in [0, 0.1) is 0 Å². The van der Waals surface area contributed by atoms with Crippen LogP contribution in [0.5, 0.6) is 0 Å². The van der Waals surface area contributed by atoms with Crippen LogP contribution in [0.15, 0.2) is 65.1 Å². The van der Waals surface area contributed by atoms with E-state index in [0.29, 0.717) is 6.61 Å². The first-order chi connectivity index (χ1) is 14.3. The molecule has 0 saturated heterocycles. The normalized spacial score (nSPS) is 11.9. The van der Waals surface area contributed by atoms with E-state index in [1.807, 2.05) is 6.07 Å². The quantitative estimate of drug-likeness (QED) is 0.281. The second kappa shape index (κ2) is 8.04. The summed E-state index contributed by atoms with van der Waals surface area (Å²) in [4.78, 5) is 11.4. The van der Waals surface area contributed by atoms with Gasteiger partial charge in [0.25, 0.3) is 0 Å². The molecular formula is C25H26BrNO2Si. The molecule has 0 fully saturated rings. The van der Waals surface area contributed by atoms with Gasteiger partial charge >= 0.3 is 5.97 Å². The van der Waals surface area contributed by atoms with Crippen LogP contribution >= 0.6 is 15.9 Å². The van der Waals surface area contributed by atoms with Gasteiger partial charge in [-0.1, -0.05) is 70.6 Å². The fraction of sp³-hybridized carbons (Fsp3) is 0.240. The second-order valence-corrected chi connectivity index (χ2v) is 13.5. The molecule has 1 aromatic heterocycles. The van der Waals surface area contributed by atoms with Gasteiger partial charge in [-0.3, -0.25) is 4.79 Å². The van der Waals surface area contributed by atoms with Crippen LogP contribution in [0.4, 0.5) is 0 Å². The Hall–Kier alpha value is -2.37. The maximum Gasteiger partial charge on any atom is 0.302 e. The number of hydrogen-bond acceptors (Lipinski definition) is 2. The average molecular weight is 480 g/mol. The third kappa shape index (κ3) is 3.61. The van der Waals surface area contributed by atoms with Crippen molar-refractivity contribution in [1.29, 1.82) is 0 Å². The number of hydrogen-bond donors (Lipinski definition) is 0. The monoisotopic (exact) mass is 479 g/mol. The molecule has 4 aromatic rings. The number of fused-ring (bicyclic) bond motifs is 3. The summed E-state index contributed by atoms with van der Waals surface area (Å²) >= 11 is 3.64. The fourth-order valence-corrected chi connectivity index (χ4v) is 7.54. The number of carbonyl (C=O) groups is 1. The highest BCUT2D eigenvalue weighted by atomic mass is 79.9. The Balaban J connectivity index is 1.88. The topological polar surface area (TPSA) is 31.2 Å². The summed E-state index contributed by atoms with van der Waals surface area (Å²) < 4.78 is 8.81. The summed E-state index contributed by atoms with van der Waals surface area (Å²) in [5.74, 6) is -0.247. The van der Waals surface area contributed by atoms with Gasteiger partial charge in [-0.25, -0.2) is 0 Å². The number of halogens is 1. The van der Waals surface area contributed by atoms with Crippen molar-refractivity contribution in [3.05, 3.63) is 70.7 Å². The molecule has 0 aliphatic rings. The molecule has 4 rings (SSSR count). The van der Waals surface area contributed by atoms with E-state index in [-0.39, 0.29) is 5.97 Å². The summed E-state index contributed by atoms with van der Waals surface area (Å²) in [6, 6.07) is 21.8. The van der Waals surface area contributed by atoms with Crippen molar-refractivity contribution in [1.82, 2.24) is 4.57 Å². The zero-order chi connectivity index (χ0) is 21.5. The van der Waals surface area contributed by atoms with E-state index >= 15 is 0 Å². The van der Waals surface area contributed by atoms with Gasteiger partial charge in [-0.2, -0.15) is 0 Å². The number of ether oxygens (including phenoxy) is 1. The maximum atomic E-state index is 11.4. The summed E-state index contributed by atoms with van der Waals surface area (Å²) in [6.45, 7) is 9.66. The Bertz CT molecular complexity index is 1260. The molecule has 0 bridgehead atoms. The molecule has 1 heterocycles. The van der Waals surface area contributed by atoms with Crippen molar-refractivity contribution in [2.45, 2.75) is 40.1 Å². The number of esters is 1. The van der Waals surface area contributed by atoms with E-state index < -0.39 is 8.07 Å². The molecule has 0 aliphatic carbocycles. The third-order valence-electron chi connectivity index (χ3n) is 5.99. The van der Waals surface area contributed by atoms with Crippen molar-refractivity contribution in [3.8, 4) is 0 Å². The minimum atomic E-state index is -2.00. The number of rotatable bonds is 5. The maximum absolute atomic E-state index is 11.4. The van der Waals surface area contributed by atoms with Crippen molar-refractivity contribution in [3.63, 3.8) is 0 Å². The molecule has 0 aliphatic heterocycles. The minimum Gasteiger partial charge on any atom is -0.461 e. The first-order valence-corrected chi connectivity index (χ1v) is 14.1. The Kier molecular flexibility index (Phi) is 5.60. The number of aryl methyl sites for hydroxylation is 1. The third-order valence-corrected chi connectivity index (χ3v) is 10.1. The van der Waals surface area contributed by atoms with Crippen LogP contribution in [0.25, 0.3) is 21.8 Å². The van der Waals surface area contributed by atoms with Crippen LogP contribution < -0.4 is 10.4 Å². The molecular weight excluding hydrogens is 454 g/mol. The highest BCUT2D eigenvalue weighted by Crippen LogP contribution is 2.31. The van der Waals surface area contributed by atoms with E-state index in [4.69, 9.17) is 4.74 Å². The predicted molar refractivity (Wildman–Crippen MR) is 131 cm³/mol. The number of aromatic nitrogens is 1. The largest absolute Gasteiger partial charge is 0.461 e. The van der Waals surface area contributed by atoms with Gasteiger partial charge in [0.1, 0.15) is 14.7 Å². The van der Waals surface area contributed by atoms with Crippen LogP contribution in [0.3, 0.4) is 0 Å². The van der Waals surface area contributed by atoms with Gasteiger partial charge in [0, 0.05) is 39.7 Å². The molecule has 0 N–H and O–H groups in total. The van der Waals surface area contributed by atoms with Gasteiger partial charge in [-0.05, 0) is 41.9 Å². The zero-order valence-electron chi connectivity index (χ0n) is 17.8. The van der Waals surface area contributed by atoms with Gasteiger partial charge in [0.2, 0.25) is 0 Å². The number of benzene rings is 3. The molecule has 0 atom stereocenters. The van der Waals surface area contributed by atoms with E-state index in [0.717, 1.165) is 16.6 Å². The van der Waals surface area contributed by atoms with Crippen molar-refractivity contribution in [2.75, 3.05) is 0 Å². The molecule has 0 spiro atoms. The van der Waals surface area contributed by atoms with Gasteiger partial charge in [0.05, 0.1) is 0 Å². The number of carbonyl (C=O) groups excluding carboxylic acids is 1. The Morgan fingerprint density at radius 1 is 1.00 bits per heavy atom. The summed E-state index contributed by atoms with van der Waals surface area (Å²) in [5.41, 5.74) is 3.64. The SMILES string of the molecule is CCn1c2ccc(Br)cc2c2cc([Si](C)(C)c3ccccc3COC(C)=O)ccc21. The van der Waals surface area contributed by atoms with Crippen LogP contribution in [-0.4, -0.2) is 18.6 Å². The van der Waals surface area contributed by atoms with E-state index in [1.54, 1.807) is 0 Å².